The second-order valence-electron chi connectivity index (χ2n) is 4.89. The number of ether oxygens (including phenoxy) is 1. The lowest BCUT2D eigenvalue weighted by Crippen LogP contribution is -2.20. The highest BCUT2D eigenvalue weighted by molar-refractivity contribution is 8.00. The number of benzene rings is 1. The number of nitrogens with two attached hydrogens (primary N) is 1. The summed E-state index contributed by atoms with van der Waals surface area (Å²) in [5.74, 6) is -0.404. The van der Waals surface area contributed by atoms with E-state index in [-0.39, 0.29) is 4.75 Å². The first-order chi connectivity index (χ1) is 9.51. The van der Waals surface area contributed by atoms with Crippen LogP contribution in [0.4, 0.5) is 11.4 Å². The molecule has 0 spiro atoms. The Bertz CT molecular complexity index is 518. The van der Waals surface area contributed by atoms with Gasteiger partial charge in [-0.2, -0.15) is 11.8 Å². The maximum atomic E-state index is 12.0. The molecule has 1 aromatic rings. The van der Waals surface area contributed by atoms with E-state index in [1.807, 2.05) is 11.8 Å². The van der Waals surface area contributed by atoms with Crippen LogP contribution in [0, 0.1) is 0 Å². The first-order valence-corrected chi connectivity index (χ1v) is 8.17. The number of thioether (sulfide) groups is 1. The SMILES string of the molecule is CCOC(=O)c1cc(N)cc(Cl)c1NCC1(SC)CC1. The maximum Gasteiger partial charge on any atom is 0.340 e. The highest BCUT2D eigenvalue weighted by Gasteiger charge is 2.41. The van der Waals surface area contributed by atoms with Crippen LogP contribution in [0.3, 0.4) is 0 Å². The van der Waals surface area contributed by atoms with Crippen LogP contribution < -0.4 is 11.1 Å². The summed E-state index contributed by atoms with van der Waals surface area (Å²) in [5.41, 5.74) is 7.22. The van der Waals surface area contributed by atoms with Crippen molar-refractivity contribution in [3.8, 4) is 0 Å². The van der Waals surface area contributed by atoms with Crippen LogP contribution in [0.5, 0.6) is 0 Å². The van der Waals surface area contributed by atoms with E-state index in [1.165, 1.54) is 12.8 Å². The van der Waals surface area contributed by atoms with Crippen molar-refractivity contribution >= 4 is 40.7 Å². The summed E-state index contributed by atoms with van der Waals surface area (Å²) in [7, 11) is 0. The lowest BCUT2D eigenvalue weighted by Gasteiger charge is -2.18. The van der Waals surface area contributed by atoms with E-state index in [0.29, 0.717) is 28.6 Å². The van der Waals surface area contributed by atoms with Gasteiger partial charge in [0.2, 0.25) is 0 Å². The highest BCUT2D eigenvalue weighted by atomic mass is 35.5. The Morgan fingerprint density at radius 2 is 2.25 bits per heavy atom. The van der Waals surface area contributed by atoms with Gasteiger partial charge in [0.05, 0.1) is 22.9 Å². The van der Waals surface area contributed by atoms with E-state index in [1.54, 1.807) is 19.1 Å². The van der Waals surface area contributed by atoms with Gasteiger partial charge in [-0.25, -0.2) is 4.79 Å². The molecule has 0 aromatic heterocycles. The molecule has 0 unspecified atom stereocenters. The van der Waals surface area contributed by atoms with E-state index >= 15 is 0 Å². The number of hydrogen-bond donors (Lipinski definition) is 2. The van der Waals surface area contributed by atoms with Crippen molar-refractivity contribution in [3.05, 3.63) is 22.7 Å². The summed E-state index contributed by atoms with van der Waals surface area (Å²) in [6.07, 6.45) is 4.47. The second kappa shape index (κ2) is 6.14. The monoisotopic (exact) mass is 314 g/mol. The van der Waals surface area contributed by atoms with Crippen LogP contribution in [-0.2, 0) is 4.74 Å². The van der Waals surface area contributed by atoms with E-state index in [4.69, 9.17) is 22.1 Å². The van der Waals surface area contributed by atoms with Gasteiger partial charge < -0.3 is 15.8 Å². The van der Waals surface area contributed by atoms with Gasteiger partial charge in [0.25, 0.3) is 0 Å². The maximum absolute atomic E-state index is 12.0. The fourth-order valence-electron chi connectivity index (χ4n) is 2.02. The van der Waals surface area contributed by atoms with E-state index < -0.39 is 5.97 Å². The van der Waals surface area contributed by atoms with Gasteiger partial charge in [0.1, 0.15) is 0 Å². The molecular weight excluding hydrogens is 296 g/mol. The predicted molar refractivity (Wildman–Crippen MR) is 85.8 cm³/mol. The molecule has 3 N–H and O–H groups in total. The normalized spacial score (nSPS) is 15.8. The van der Waals surface area contributed by atoms with Gasteiger partial charge in [0.15, 0.2) is 0 Å². The number of esters is 1. The number of halogens is 1. The highest BCUT2D eigenvalue weighted by Crippen LogP contribution is 2.47. The van der Waals surface area contributed by atoms with Crippen molar-refractivity contribution in [2.24, 2.45) is 0 Å². The summed E-state index contributed by atoms with van der Waals surface area (Å²) in [6, 6.07) is 3.25. The van der Waals surface area contributed by atoms with Gasteiger partial charge in [-0.05, 0) is 38.2 Å². The quantitative estimate of drug-likeness (QED) is 0.622. The summed E-state index contributed by atoms with van der Waals surface area (Å²) < 4.78 is 5.33. The molecule has 6 heteroatoms. The molecule has 20 heavy (non-hydrogen) atoms. The third-order valence-electron chi connectivity index (χ3n) is 3.44. The number of hydrogen-bond acceptors (Lipinski definition) is 5. The molecule has 0 bridgehead atoms. The summed E-state index contributed by atoms with van der Waals surface area (Å²) in [4.78, 5) is 12.0. The zero-order valence-corrected chi connectivity index (χ0v) is 13.2. The molecule has 1 aliphatic rings. The molecule has 2 rings (SSSR count). The molecule has 1 aromatic carbocycles. The van der Waals surface area contributed by atoms with Crippen LogP contribution in [0.25, 0.3) is 0 Å². The zero-order valence-electron chi connectivity index (χ0n) is 11.7. The fourth-order valence-corrected chi connectivity index (χ4v) is 3.04. The Morgan fingerprint density at radius 3 is 2.80 bits per heavy atom. The molecule has 1 aliphatic carbocycles. The Morgan fingerprint density at radius 1 is 1.55 bits per heavy atom. The van der Waals surface area contributed by atoms with Crippen LogP contribution in [0.15, 0.2) is 12.1 Å². The molecule has 110 valence electrons. The van der Waals surface area contributed by atoms with Crippen molar-refractivity contribution in [3.63, 3.8) is 0 Å². The number of anilines is 2. The number of carbonyl (C=O) groups is 1. The lowest BCUT2D eigenvalue weighted by atomic mass is 10.1. The van der Waals surface area contributed by atoms with Gasteiger partial charge in [0, 0.05) is 17.0 Å². The molecule has 0 heterocycles. The Kier molecular flexibility index (Phi) is 4.70. The van der Waals surface area contributed by atoms with Gasteiger partial charge in [-0.15, -0.1) is 0 Å². The molecule has 1 fully saturated rings. The van der Waals surface area contributed by atoms with Crippen LogP contribution in [-0.4, -0.2) is 30.1 Å². The fraction of sp³-hybridized carbons (Fsp3) is 0.500. The molecule has 1 saturated carbocycles. The molecule has 0 radical (unpaired) electrons. The second-order valence-corrected chi connectivity index (χ2v) is 6.57. The summed E-state index contributed by atoms with van der Waals surface area (Å²) in [6.45, 7) is 2.87. The van der Waals surface area contributed by atoms with Gasteiger partial charge in [-0.1, -0.05) is 11.6 Å². The molecule has 0 atom stereocenters. The standard InChI is InChI=1S/C14H19ClN2O2S/c1-3-19-13(18)10-6-9(16)7-11(15)12(10)17-8-14(20-2)4-5-14/h6-7,17H,3-5,8,16H2,1-2H3. The van der Waals surface area contributed by atoms with E-state index in [2.05, 4.69) is 11.6 Å². The minimum atomic E-state index is -0.404. The van der Waals surface area contributed by atoms with Crippen molar-refractivity contribution in [1.82, 2.24) is 0 Å². The first-order valence-electron chi connectivity index (χ1n) is 6.56. The number of nitrogen functional groups attached to an aromatic ring is 1. The lowest BCUT2D eigenvalue weighted by molar-refractivity contribution is 0.0527. The predicted octanol–water partition coefficient (Wildman–Crippen LogP) is 3.41. The Balaban J connectivity index is 2.23. The van der Waals surface area contributed by atoms with Crippen LogP contribution >= 0.6 is 23.4 Å². The summed E-state index contributed by atoms with van der Waals surface area (Å²) in [5, 5.41) is 3.74. The minimum absolute atomic E-state index is 0.274. The van der Waals surface area contributed by atoms with Gasteiger partial charge >= 0.3 is 5.97 Å². The number of carbonyl (C=O) groups excluding carboxylic acids is 1. The number of rotatable bonds is 6. The minimum Gasteiger partial charge on any atom is -0.462 e. The van der Waals surface area contributed by atoms with Crippen molar-refractivity contribution in [2.45, 2.75) is 24.5 Å². The van der Waals surface area contributed by atoms with Crippen molar-refractivity contribution < 1.29 is 9.53 Å². The van der Waals surface area contributed by atoms with Crippen molar-refractivity contribution in [1.29, 1.82) is 0 Å². The molecule has 4 nitrogen and oxygen atoms in total. The van der Waals surface area contributed by atoms with E-state index in [0.717, 1.165) is 6.54 Å². The average molecular weight is 315 g/mol. The third kappa shape index (κ3) is 3.33. The van der Waals surface area contributed by atoms with E-state index in [9.17, 15) is 4.79 Å². The topological polar surface area (TPSA) is 64.3 Å². The van der Waals surface area contributed by atoms with Crippen LogP contribution in [0.1, 0.15) is 30.1 Å². The van der Waals surface area contributed by atoms with Crippen LogP contribution in [0.2, 0.25) is 5.02 Å². The molecule has 0 saturated heterocycles. The largest absolute Gasteiger partial charge is 0.462 e. The molecular formula is C14H19ClN2O2S. The number of nitrogens with one attached hydrogen (secondary N) is 1. The van der Waals surface area contributed by atoms with Gasteiger partial charge in [-0.3, -0.25) is 0 Å². The molecule has 0 amide bonds. The first kappa shape index (κ1) is 15.3. The Hall–Kier alpha value is -1.07. The Labute approximate surface area is 128 Å². The molecule has 0 aliphatic heterocycles. The zero-order chi connectivity index (χ0) is 14.8. The third-order valence-corrected chi connectivity index (χ3v) is 5.15. The van der Waals surface area contributed by atoms with Crippen molar-refractivity contribution in [2.75, 3.05) is 30.5 Å². The smallest absolute Gasteiger partial charge is 0.340 e. The average Bonchev–Trinajstić information content (AvgIpc) is 3.18. The summed E-state index contributed by atoms with van der Waals surface area (Å²) >= 11 is 8.06.